The van der Waals surface area contributed by atoms with Crippen LogP contribution in [-0.4, -0.2) is 22.1 Å². The van der Waals surface area contributed by atoms with E-state index in [-0.39, 0.29) is 11.7 Å². The molecule has 0 aliphatic carbocycles. The molecule has 0 aliphatic heterocycles. The molecule has 1 unspecified atom stereocenters. The van der Waals surface area contributed by atoms with Crippen LogP contribution >= 0.6 is 0 Å². The van der Waals surface area contributed by atoms with Gasteiger partial charge in [-0.2, -0.15) is 5.10 Å². The number of para-hydroxylation sites is 1. The Hall–Kier alpha value is -1.68. The summed E-state index contributed by atoms with van der Waals surface area (Å²) in [7, 11) is 0. The molecular formula is C16H23N3O. The van der Waals surface area contributed by atoms with Crippen LogP contribution < -0.4 is 5.73 Å². The van der Waals surface area contributed by atoms with Crippen molar-refractivity contribution in [2.75, 3.05) is 6.54 Å². The quantitative estimate of drug-likeness (QED) is 0.843. The zero-order valence-corrected chi connectivity index (χ0v) is 12.3. The van der Waals surface area contributed by atoms with Gasteiger partial charge in [0.1, 0.15) is 5.78 Å². The van der Waals surface area contributed by atoms with Gasteiger partial charge >= 0.3 is 0 Å². The molecule has 1 atom stereocenters. The van der Waals surface area contributed by atoms with E-state index in [0.717, 1.165) is 36.0 Å². The second-order valence-electron chi connectivity index (χ2n) is 5.14. The third-order valence-electron chi connectivity index (χ3n) is 3.75. The van der Waals surface area contributed by atoms with Crippen LogP contribution in [0.1, 0.15) is 32.4 Å². The highest BCUT2D eigenvalue weighted by atomic mass is 16.1. The highest BCUT2D eigenvalue weighted by molar-refractivity contribution is 5.89. The summed E-state index contributed by atoms with van der Waals surface area (Å²) in [5.41, 5.74) is 7.68. The van der Waals surface area contributed by atoms with E-state index in [1.54, 1.807) is 0 Å². The molecule has 0 aliphatic rings. The number of hydrogen-bond donors (Lipinski definition) is 1. The standard InChI is InChI=1S/C16H23N3O/c1-3-7-12(11-17)16(20)10-14-13-8-5-6-9-15(13)19(4-2)18-14/h5-6,8-9,12H,3-4,7,10-11,17H2,1-2H3. The van der Waals surface area contributed by atoms with Gasteiger partial charge in [-0.15, -0.1) is 0 Å². The van der Waals surface area contributed by atoms with Crippen molar-refractivity contribution in [2.45, 2.75) is 39.7 Å². The molecule has 20 heavy (non-hydrogen) atoms. The summed E-state index contributed by atoms with van der Waals surface area (Å²) >= 11 is 0. The second kappa shape index (κ2) is 6.66. The molecule has 2 aromatic rings. The largest absolute Gasteiger partial charge is 0.330 e. The van der Waals surface area contributed by atoms with E-state index in [1.807, 2.05) is 28.9 Å². The number of ketones is 1. The molecule has 0 saturated heterocycles. The first kappa shape index (κ1) is 14.7. The smallest absolute Gasteiger partial charge is 0.143 e. The summed E-state index contributed by atoms with van der Waals surface area (Å²) in [6, 6.07) is 8.08. The van der Waals surface area contributed by atoms with Crippen LogP contribution in [0.4, 0.5) is 0 Å². The van der Waals surface area contributed by atoms with Crippen molar-refractivity contribution in [3.8, 4) is 0 Å². The SMILES string of the molecule is CCCC(CN)C(=O)Cc1nn(CC)c2ccccc12. The number of rotatable bonds is 7. The van der Waals surface area contributed by atoms with Crippen LogP contribution in [0.2, 0.25) is 0 Å². The number of carbonyl (C=O) groups is 1. The van der Waals surface area contributed by atoms with Gasteiger partial charge in [0.25, 0.3) is 0 Å². The molecule has 4 heteroatoms. The number of aromatic nitrogens is 2. The number of Topliss-reactive ketones (excluding diaryl/α,β-unsaturated/α-hetero) is 1. The van der Waals surface area contributed by atoms with Crippen molar-refractivity contribution in [3.63, 3.8) is 0 Å². The molecule has 0 amide bonds. The van der Waals surface area contributed by atoms with E-state index >= 15 is 0 Å². The summed E-state index contributed by atoms with van der Waals surface area (Å²) < 4.78 is 1.95. The Morgan fingerprint density at radius 3 is 2.75 bits per heavy atom. The Balaban J connectivity index is 2.27. The predicted molar refractivity (Wildman–Crippen MR) is 81.6 cm³/mol. The molecule has 1 aromatic heterocycles. The van der Waals surface area contributed by atoms with Crippen LogP contribution in [0.3, 0.4) is 0 Å². The Morgan fingerprint density at radius 2 is 2.10 bits per heavy atom. The third kappa shape index (κ3) is 2.90. The Labute approximate surface area is 120 Å². The van der Waals surface area contributed by atoms with Gasteiger partial charge in [-0.3, -0.25) is 9.48 Å². The molecule has 2 rings (SSSR count). The van der Waals surface area contributed by atoms with Crippen molar-refractivity contribution in [2.24, 2.45) is 11.7 Å². The van der Waals surface area contributed by atoms with Gasteiger partial charge < -0.3 is 5.73 Å². The van der Waals surface area contributed by atoms with E-state index in [9.17, 15) is 4.79 Å². The topological polar surface area (TPSA) is 60.9 Å². The second-order valence-corrected chi connectivity index (χ2v) is 5.14. The molecule has 0 spiro atoms. The first-order valence-corrected chi connectivity index (χ1v) is 7.38. The average Bonchev–Trinajstić information content (AvgIpc) is 2.83. The van der Waals surface area contributed by atoms with Gasteiger partial charge in [-0.1, -0.05) is 31.5 Å². The fourth-order valence-electron chi connectivity index (χ4n) is 2.64. The lowest BCUT2D eigenvalue weighted by Crippen LogP contribution is -2.25. The summed E-state index contributed by atoms with van der Waals surface area (Å²) in [5.74, 6) is 0.173. The van der Waals surface area contributed by atoms with Crippen molar-refractivity contribution < 1.29 is 4.79 Å². The van der Waals surface area contributed by atoms with Gasteiger partial charge in [0.2, 0.25) is 0 Å². The van der Waals surface area contributed by atoms with Gasteiger partial charge in [-0.05, 0) is 19.4 Å². The average molecular weight is 273 g/mol. The maximum atomic E-state index is 12.3. The number of fused-ring (bicyclic) bond motifs is 1. The minimum atomic E-state index is -0.0365. The fraction of sp³-hybridized carbons (Fsp3) is 0.500. The summed E-state index contributed by atoms with van der Waals surface area (Å²) in [6.45, 7) is 5.38. The third-order valence-corrected chi connectivity index (χ3v) is 3.75. The number of aryl methyl sites for hydroxylation is 1. The molecule has 0 fully saturated rings. The number of benzene rings is 1. The van der Waals surface area contributed by atoms with Crippen LogP contribution in [0.15, 0.2) is 24.3 Å². The molecule has 2 N–H and O–H groups in total. The number of carbonyl (C=O) groups excluding carboxylic acids is 1. The first-order valence-electron chi connectivity index (χ1n) is 7.38. The minimum Gasteiger partial charge on any atom is -0.330 e. The van der Waals surface area contributed by atoms with Crippen molar-refractivity contribution in [1.82, 2.24) is 9.78 Å². The van der Waals surface area contributed by atoms with E-state index in [4.69, 9.17) is 5.73 Å². The minimum absolute atomic E-state index is 0.0365. The summed E-state index contributed by atoms with van der Waals surface area (Å²) in [4.78, 5) is 12.3. The van der Waals surface area contributed by atoms with E-state index < -0.39 is 0 Å². The van der Waals surface area contributed by atoms with E-state index in [1.165, 1.54) is 0 Å². The van der Waals surface area contributed by atoms with Crippen molar-refractivity contribution >= 4 is 16.7 Å². The van der Waals surface area contributed by atoms with Gasteiger partial charge in [0.05, 0.1) is 17.6 Å². The lowest BCUT2D eigenvalue weighted by atomic mass is 9.95. The van der Waals surface area contributed by atoms with Crippen molar-refractivity contribution in [3.05, 3.63) is 30.0 Å². The Morgan fingerprint density at radius 1 is 1.35 bits per heavy atom. The van der Waals surface area contributed by atoms with Gasteiger partial charge in [0, 0.05) is 24.4 Å². The lowest BCUT2D eigenvalue weighted by molar-refractivity contribution is -0.122. The fourth-order valence-corrected chi connectivity index (χ4v) is 2.64. The zero-order valence-electron chi connectivity index (χ0n) is 12.3. The Kier molecular flexibility index (Phi) is 4.90. The predicted octanol–water partition coefficient (Wildman–Crippen LogP) is 2.54. The molecule has 108 valence electrons. The molecule has 0 bridgehead atoms. The first-order chi connectivity index (χ1) is 9.71. The van der Waals surface area contributed by atoms with Crippen LogP contribution in [0.5, 0.6) is 0 Å². The highest BCUT2D eigenvalue weighted by Crippen LogP contribution is 2.20. The van der Waals surface area contributed by atoms with Gasteiger partial charge in [0.15, 0.2) is 0 Å². The highest BCUT2D eigenvalue weighted by Gasteiger charge is 2.19. The maximum Gasteiger partial charge on any atom is 0.143 e. The molecule has 0 saturated carbocycles. The van der Waals surface area contributed by atoms with Crippen molar-refractivity contribution in [1.29, 1.82) is 0 Å². The van der Waals surface area contributed by atoms with Gasteiger partial charge in [-0.25, -0.2) is 0 Å². The number of hydrogen-bond acceptors (Lipinski definition) is 3. The molecule has 1 aromatic carbocycles. The summed E-state index contributed by atoms with van der Waals surface area (Å²) in [6.07, 6.45) is 2.23. The molecule has 0 radical (unpaired) electrons. The lowest BCUT2D eigenvalue weighted by Gasteiger charge is -2.11. The number of nitrogens with two attached hydrogens (primary N) is 1. The Bertz CT molecular complexity index is 588. The monoisotopic (exact) mass is 273 g/mol. The molecule has 1 heterocycles. The normalized spacial score (nSPS) is 12.8. The van der Waals surface area contributed by atoms with E-state index in [2.05, 4.69) is 18.9 Å². The van der Waals surface area contributed by atoms with Crippen LogP contribution in [-0.2, 0) is 17.8 Å². The molecular weight excluding hydrogens is 250 g/mol. The molecule has 4 nitrogen and oxygen atoms in total. The van der Waals surface area contributed by atoms with Crippen LogP contribution in [0.25, 0.3) is 10.9 Å². The summed E-state index contributed by atoms with van der Waals surface area (Å²) in [5, 5.41) is 5.66. The zero-order chi connectivity index (χ0) is 14.5. The maximum absolute atomic E-state index is 12.3. The number of nitrogens with zero attached hydrogens (tertiary/aromatic N) is 2. The van der Waals surface area contributed by atoms with Crippen LogP contribution in [0, 0.1) is 5.92 Å². The van der Waals surface area contributed by atoms with E-state index in [0.29, 0.717) is 13.0 Å².